The van der Waals surface area contributed by atoms with Gasteiger partial charge in [-0.15, -0.1) is 0 Å². The number of nitrogens with one attached hydrogen (secondary N) is 1. The van der Waals surface area contributed by atoms with E-state index in [4.69, 9.17) is 4.78 Å². The molecule has 1 atom stereocenters. The van der Waals surface area contributed by atoms with Crippen molar-refractivity contribution >= 4 is 9.73 Å². The fraction of sp³-hybridized carbons (Fsp3) is 0.500. The first kappa shape index (κ1) is 4.84. The highest BCUT2D eigenvalue weighted by Crippen LogP contribution is 2.05. The lowest BCUT2D eigenvalue weighted by Crippen LogP contribution is -1.90. The Hall–Kier alpha value is -0.310. The van der Waals surface area contributed by atoms with Crippen LogP contribution < -0.4 is 0 Å². The molecule has 7 heavy (non-hydrogen) atoms. The van der Waals surface area contributed by atoms with Gasteiger partial charge in [0, 0.05) is 11.2 Å². The number of allylic oxidation sites excluding steroid dienone is 1. The molecule has 1 rings (SSSR count). The Morgan fingerprint density at radius 2 is 2.43 bits per heavy atom. The fourth-order valence-corrected chi connectivity index (χ4v) is 1.60. The summed E-state index contributed by atoms with van der Waals surface area (Å²) in [5, 5.41) is 1.49. The van der Waals surface area contributed by atoms with Gasteiger partial charge in [-0.3, -0.25) is 0 Å². The smallest absolute Gasteiger partial charge is 0.0657 e. The van der Waals surface area contributed by atoms with Crippen molar-refractivity contribution in [3.8, 4) is 0 Å². The second-order valence-corrected chi connectivity index (χ2v) is 3.72. The minimum absolute atomic E-state index is 0.535. The van der Waals surface area contributed by atoms with Crippen LogP contribution in [0.4, 0.5) is 0 Å². The van der Waals surface area contributed by atoms with Gasteiger partial charge in [-0.05, 0) is 6.42 Å². The van der Waals surface area contributed by atoms with Crippen molar-refractivity contribution in [2.75, 3.05) is 5.75 Å². The average Bonchev–Trinajstić information content (AvgIpc) is 1.84. The molecule has 1 heterocycles. The van der Waals surface area contributed by atoms with Gasteiger partial charge < -0.3 is 0 Å². The molecular formula is C4H7NOS. The van der Waals surface area contributed by atoms with E-state index in [9.17, 15) is 4.21 Å². The van der Waals surface area contributed by atoms with Gasteiger partial charge in [0.25, 0.3) is 0 Å². The largest absolute Gasteiger partial charge is 0.249 e. The molecule has 0 aliphatic carbocycles. The lowest BCUT2D eigenvalue weighted by molar-refractivity contribution is 0.682. The molecule has 1 aliphatic rings. The van der Waals surface area contributed by atoms with E-state index >= 15 is 0 Å². The van der Waals surface area contributed by atoms with Gasteiger partial charge in [-0.1, -0.05) is 6.08 Å². The lowest BCUT2D eigenvalue weighted by atomic mass is 10.5. The molecule has 0 aromatic rings. The van der Waals surface area contributed by atoms with Crippen LogP contribution >= 0.6 is 0 Å². The second kappa shape index (κ2) is 1.33. The van der Waals surface area contributed by atoms with E-state index in [0.29, 0.717) is 5.75 Å². The minimum Gasteiger partial charge on any atom is -0.249 e. The van der Waals surface area contributed by atoms with Crippen molar-refractivity contribution in [1.29, 1.82) is 4.78 Å². The average molecular weight is 117 g/mol. The highest BCUT2D eigenvalue weighted by Gasteiger charge is 2.04. The molecule has 0 amide bonds. The molecule has 0 aromatic heterocycles. The minimum atomic E-state index is -2.23. The normalized spacial score (nSPS) is 39.4. The molecule has 0 saturated carbocycles. The van der Waals surface area contributed by atoms with Crippen LogP contribution in [-0.2, 0) is 9.73 Å². The molecular weight excluding hydrogens is 110 g/mol. The zero-order valence-corrected chi connectivity index (χ0v) is 4.70. The van der Waals surface area contributed by atoms with Crippen molar-refractivity contribution in [3.63, 3.8) is 0 Å². The van der Waals surface area contributed by atoms with Gasteiger partial charge in [0.05, 0.1) is 9.73 Å². The Labute approximate surface area is 43.2 Å². The molecule has 0 spiro atoms. The third-order valence-corrected chi connectivity index (χ3v) is 2.38. The second-order valence-electron chi connectivity index (χ2n) is 1.59. The molecule has 0 saturated heterocycles. The van der Waals surface area contributed by atoms with Gasteiger partial charge in [0.2, 0.25) is 0 Å². The van der Waals surface area contributed by atoms with Crippen molar-refractivity contribution < 1.29 is 4.21 Å². The Morgan fingerprint density at radius 1 is 1.71 bits per heavy atom. The summed E-state index contributed by atoms with van der Waals surface area (Å²) < 4.78 is 17.5. The summed E-state index contributed by atoms with van der Waals surface area (Å²) in [7, 11) is -2.23. The molecule has 1 aliphatic heterocycles. The molecule has 0 radical (unpaired) electrons. The zero-order valence-electron chi connectivity index (χ0n) is 3.89. The maximum atomic E-state index is 10.6. The maximum Gasteiger partial charge on any atom is 0.0657 e. The van der Waals surface area contributed by atoms with Gasteiger partial charge in [-0.25, -0.2) is 8.99 Å². The van der Waals surface area contributed by atoms with E-state index in [1.165, 1.54) is 5.41 Å². The van der Waals surface area contributed by atoms with Crippen LogP contribution in [0.3, 0.4) is 0 Å². The highest BCUT2D eigenvalue weighted by molar-refractivity contribution is 7.95. The third-order valence-electron chi connectivity index (χ3n) is 0.904. The van der Waals surface area contributed by atoms with Crippen LogP contribution in [0.15, 0.2) is 11.5 Å². The van der Waals surface area contributed by atoms with E-state index in [2.05, 4.69) is 0 Å². The molecule has 40 valence electrons. The SMILES string of the molecule is N=S1(=O)C=CCC1. The number of hydrogen-bond acceptors (Lipinski definition) is 2. The van der Waals surface area contributed by atoms with Gasteiger partial charge in [-0.2, -0.15) is 0 Å². The molecule has 0 bridgehead atoms. The fourth-order valence-electron chi connectivity index (χ4n) is 0.535. The monoisotopic (exact) mass is 117 g/mol. The van der Waals surface area contributed by atoms with Crippen LogP contribution in [0, 0.1) is 4.78 Å². The van der Waals surface area contributed by atoms with Gasteiger partial charge in [0.15, 0.2) is 0 Å². The van der Waals surface area contributed by atoms with E-state index in [-0.39, 0.29) is 0 Å². The van der Waals surface area contributed by atoms with Crippen LogP contribution in [0.5, 0.6) is 0 Å². The Morgan fingerprint density at radius 3 is 2.57 bits per heavy atom. The summed E-state index contributed by atoms with van der Waals surface area (Å²) in [6.07, 6.45) is 2.62. The Balaban J connectivity index is 2.99. The number of hydrogen-bond donors (Lipinski definition) is 1. The summed E-state index contributed by atoms with van der Waals surface area (Å²) in [6.45, 7) is 0. The standard InChI is InChI=1S/C4H7NOS/c5-7(6)3-1-2-4-7/h1,3,5H,2,4H2. The first-order valence-electron chi connectivity index (χ1n) is 2.14. The molecule has 2 nitrogen and oxygen atoms in total. The maximum absolute atomic E-state index is 10.6. The first-order valence-corrected chi connectivity index (χ1v) is 3.93. The van der Waals surface area contributed by atoms with Gasteiger partial charge in [0.1, 0.15) is 0 Å². The van der Waals surface area contributed by atoms with Crippen LogP contribution in [0.1, 0.15) is 6.42 Å². The predicted octanol–water partition coefficient (Wildman–Crippen LogP) is 0.951. The van der Waals surface area contributed by atoms with Crippen molar-refractivity contribution in [3.05, 3.63) is 11.5 Å². The summed E-state index contributed by atoms with van der Waals surface area (Å²) in [6, 6.07) is 0. The van der Waals surface area contributed by atoms with E-state index in [1.807, 2.05) is 0 Å². The quantitative estimate of drug-likeness (QED) is 0.504. The summed E-state index contributed by atoms with van der Waals surface area (Å²) in [4.78, 5) is 0. The van der Waals surface area contributed by atoms with Crippen molar-refractivity contribution in [1.82, 2.24) is 0 Å². The summed E-state index contributed by atoms with van der Waals surface area (Å²) in [5.74, 6) is 0.535. The zero-order chi connectivity index (χ0) is 5.33. The van der Waals surface area contributed by atoms with Crippen LogP contribution in [0.25, 0.3) is 0 Å². The molecule has 1 N–H and O–H groups in total. The Kier molecular flexibility index (Phi) is 0.922. The molecule has 0 fully saturated rings. The topological polar surface area (TPSA) is 40.9 Å². The predicted molar refractivity (Wildman–Crippen MR) is 29.5 cm³/mol. The van der Waals surface area contributed by atoms with E-state index in [1.54, 1.807) is 6.08 Å². The van der Waals surface area contributed by atoms with Crippen molar-refractivity contribution in [2.45, 2.75) is 6.42 Å². The third kappa shape index (κ3) is 1.03. The number of rotatable bonds is 0. The van der Waals surface area contributed by atoms with Crippen LogP contribution in [0.2, 0.25) is 0 Å². The highest BCUT2D eigenvalue weighted by atomic mass is 32.2. The van der Waals surface area contributed by atoms with Crippen LogP contribution in [-0.4, -0.2) is 9.96 Å². The molecule has 0 aromatic carbocycles. The Bertz CT molecular complexity index is 178. The van der Waals surface area contributed by atoms with Gasteiger partial charge >= 0.3 is 0 Å². The summed E-state index contributed by atoms with van der Waals surface area (Å²) in [5.41, 5.74) is 0. The molecule has 1 unspecified atom stereocenters. The van der Waals surface area contributed by atoms with E-state index < -0.39 is 9.73 Å². The van der Waals surface area contributed by atoms with Crippen molar-refractivity contribution in [2.24, 2.45) is 0 Å². The molecule has 3 heteroatoms. The summed E-state index contributed by atoms with van der Waals surface area (Å²) >= 11 is 0. The first-order chi connectivity index (χ1) is 3.21. The lowest BCUT2D eigenvalue weighted by Gasteiger charge is -1.85. The van der Waals surface area contributed by atoms with E-state index in [0.717, 1.165) is 6.42 Å².